The molecule has 0 spiro atoms. The molecule has 0 radical (unpaired) electrons. The fourth-order valence-electron chi connectivity index (χ4n) is 17.0. The minimum absolute atomic E-state index is 1.13. The lowest BCUT2D eigenvalue weighted by atomic mass is 10.0. The monoisotopic (exact) mass is 1460 g/mol. The molecule has 0 saturated carbocycles. The van der Waals surface area contributed by atoms with Crippen molar-refractivity contribution in [3.63, 3.8) is 0 Å². The molecule has 0 N–H and O–H groups in total. The Morgan fingerprint density at radius 2 is 0.455 bits per heavy atom. The Balaban J connectivity index is 0.000000138. The summed E-state index contributed by atoms with van der Waals surface area (Å²) in [6.45, 7) is 18.6. The zero-order valence-corrected chi connectivity index (χ0v) is 66.2. The molecule has 4 heterocycles. The first kappa shape index (κ1) is 75.7. The second-order valence-corrected chi connectivity index (χ2v) is 30.8. The molecule has 0 aliphatic rings. The highest BCUT2D eigenvalue weighted by molar-refractivity contribution is 6.14. The van der Waals surface area contributed by atoms with E-state index in [1.165, 1.54) is 277 Å². The number of aryl methyl sites for hydroxylation is 3. The zero-order valence-electron chi connectivity index (χ0n) is 66.2. The van der Waals surface area contributed by atoms with Crippen LogP contribution < -0.4 is 0 Å². The number of hydrogen-bond acceptors (Lipinski definition) is 0. The molecule has 17 aromatic rings. The van der Waals surface area contributed by atoms with E-state index in [2.05, 4.69) is 350 Å². The maximum Gasteiger partial charge on any atom is 0.0542 e. The summed E-state index contributed by atoms with van der Waals surface area (Å²) in [6.07, 6.45) is 33.3. The summed E-state index contributed by atoms with van der Waals surface area (Å²) < 4.78 is 9.65. The van der Waals surface area contributed by atoms with E-state index < -0.39 is 0 Å². The number of hydrogen-bond donors (Lipinski definition) is 0. The van der Waals surface area contributed by atoms with Crippen LogP contribution in [0.25, 0.3) is 150 Å². The highest BCUT2D eigenvalue weighted by atomic mass is 15.0. The second kappa shape index (κ2) is 36.4. The van der Waals surface area contributed by atoms with Crippen LogP contribution in [0.3, 0.4) is 0 Å². The van der Waals surface area contributed by atoms with E-state index in [0.717, 1.165) is 23.1 Å². The molecule has 17 rings (SSSR count). The van der Waals surface area contributed by atoms with Gasteiger partial charge in [-0.25, -0.2) is 0 Å². The average molecular weight is 1460 g/mol. The van der Waals surface area contributed by atoms with E-state index >= 15 is 0 Å². The minimum atomic E-state index is 1.13. The summed E-state index contributed by atoms with van der Waals surface area (Å²) in [4.78, 5) is 0. The standard InChI is InChI=1S/C46H42N2.C34H35N.C28H31N/c1-3-5-6-7-8-9-14-34-21-26-37(27-22-34)47-45-29-25-36(35-23-19-33(4-2)20-24-35)31-41(45)42-32-38(28-30-46(42)47)48-43-17-12-10-15-39(43)40-16-11-13-18-44(40)48;1-3-5-6-7-8-9-12-27-17-22-30(23-18-27)35-33-14-11-10-13-31(33)32-25-29(21-24-34(32)35)28-19-15-26(4-2)16-20-28;1-3-5-6-7-8-9-12-23-15-18-24(19-16-23)29-27-14-11-10-13-25(27)26-21-22(4-2)17-20-28(26)29/h4,10-13,15-32H,2-3,5-9,14H2,1H3;4,10-11,13-25H,2-3,5-9,12H2,1H3;4,10-11,13-21H,2-3,5-9,12H2,1H3. The average Bonchev–Trinajstić information content (AvgIpc) is 1.59. The maximum atomic E-state index is 3.94. The van der Waals surface area contributed by atoms with Crippen molar-refractivity contribution in [2.24, 2.45) is 0 Å². The fraction of sp³-hybridized carbons (Fsp3) is 0.222. The van der Waals surface area contributed by atoms with Gasteiger partial charge in [-0.1, -0.05) is 331 Å². The largest absolute Gasteiger partial charge is 0.309 e. The van der Waals surface area contributed by atoms with Crippen LogP contribution in [0, 0.1) is 0 Å². The molecular weight excluding hydrogens is 1350 g/mol. The normalized spacial score (nSPS) is 11.5. The Hall–Kier alpha value is -11.7. The van der Waals surface area contributed by atoms with Gasteiger partial charge in [0.15, 0.2) is 0 Å². The van der Waals surface area contributed by atoms with E-state index in [4.69, 9.17) is 0 Å². The number of nitrogens with zero attached hydrogens (tertiary/aromatic N) is 4. The van der Waals surface area contributed by atoms with Crippen molar-refractivity contribution >= 4 is 105 Å². The van der Waals surface area contributed by atoms with Gasteiger partial charge >= 0.3 is 0 Å². The van der Waals surface area contributed by atoms with E-state index in [-0.39, 0.29) is 0 Å². The van der Waals surface area contributed by atoms with Crippen molar-refractivity contribution in [2.75, 3.05) is 0 Å². The van der Waals surface area contributed by atoms with Gasteiger partial charge in [-0.15, -0.1) is 0 Å². The number of para-hydroxylation sites is 4. The smallest absolute Gasteiger partial charge is 0.0542 e. The topological polar surface area (TPSA) is 19.7 Å². The van der Waals surface area contributed by atoms with Crippen LogP contribution in [-0.4, -0.2) is 18.3 Å². The summed E-state index contributed by atoms with van der Waals surface area (Å²) in [5.74, 6) is 0. The van der Waals surface area contributed by atoms with Crippen molar-refractivity contribution in [1.82, 2.24) is 18.3 Å². The maximum absolute atomic E-state index is 3.94. The van der Waals surface area contributed by atoms with Gasteiger partial charge in [0, 0.05) is 65.8 Å². The molecule has 0 bridgehead atoms. The van der Waals surface area contributed by atoms with Crippen LogP contribution in [0.1, 0.15) is 170 Å². The number of rotatable bonds is 30. The van der Waals surface area contributed by atoms with Gasteiger partial charge in [0.2, 0.25) is 0 Å². The van der Waals surface area contributed by atoms with Crippen LogP contribution in [0.4, 0.5) is 0 Å². The Bertz CT molecular complexity index is 5990. The highest BCUT2D eigenvalue weighted by Gasteiger charge is 2.20. The molecule has 13 aromatic carbocycles. The number of unbranched alkanes of at least 4 members (excludes halogenated alkanes) is 15. The molecule has 4 heteroatoms. The molecule has 0 aliphatic heterocycles. The number of fused-ring (bicyclic) bond motifs is 12. The second-order valence-electron chi connectivity index (χ2n) is 30.8. The molecule has 0 amide bonds. The predicted octanol–water partition coefficient (Wildman–Crippen LogP) is 31.4. The number of benzene rings is 13. The van der Waals surface area contributed by atoms with Gasteiger partial charge in [-0.3, -0.25) is 0 Å². The van der Waals surface area contributed by atoms with Crippen molar-refractivity contribution in [1.29, 1.82) is 0 Å². The lowest BCUT2D eigenvalue weighted by Gasteiger charge is -2.11. The van der Waals surface area contributed by atoms with Crippen LogP contribution >= 0.6 is 0 Å². The Labute approximate surface area is 664 Å². The highest BCUT2D eigenvalue weighted by Crippen LogP contribution is 2.41. The predicted molar refractivity (Wildman–Crippen MR) is 489 cm³/mol. The van der Waals surface area contributed by atoms with Crippen LogP contribution in [0.15, 0.2) is 311 Å². The summed E-state index contributed by atoms with van der Waals surface area (Å²) in [5, 5.41) is 10.2. The van der Waals surface area contributed by atoms with E-state index in [9.17, 15) is 0 Å². The Morgan fingerprint density at radius 1 is 0.205 bits per heavy atom. The minimum Gasteiger partial charge on any atom is -0.309 e. The van der Waals surface area contributed by atoms with Crippen molar-refractivity contribution in [3.05, 3.63) is 344 Å². The first-order valence-electron chi connectivity index (χ1n) is 41.8. The Morgan fingerprint density at radius 3 is 0.812 bits per heavy atom. The van der Waals surface area contributed by atoms with E-state index in [0.29, 0.717) is 0 Å². The molecule has 0 unspecified atom stereocenters. The lowest BCUT2D eigenvalue weighted by molar-refractivity contribution is 0.607. The molecule has 0 aliphatic carbocycles. The van der Waals surface area contributed by atoms with Crippen molar-refractivity contribution < 1.29 is 0 Å². The molecule has 0 fully saturated rings. The van der Waals surface area contributed by atoms with Crippen LogP contribution in [0.2, 0.25) is 0 Å². The zero-order chi connectivity index (χ0) is 76.5. The molecule has 0 saturated heterocycles. The third kappa shape index (κ3) is 16.7. The third-order valence-electron chi connectivity index (χ3n) is 23.2. The molecule has 112 heavy (non-hydrogen) atoms. The quantitative estimate of drug-likeness (QED) is 0.0400. The first-order valence-corrected chi connectivity index (χ1v) is 41.8. The van der Waals surface area contributed by atoms with E-state index in [1.807, 2.05) is 18.2 Å². The van der Waals surface area contributed by atoms with Gasteiger partial charge < -0.3 is 18.3 Å². The molecule has 4 nitrogen and oxygen atoms in total. The van der Waals surface area contributed by atoms with Gasteiger partial charge in [-0.2, -0.15) is 0 Å². The summed E-state index contributed by atoms with van der Waals surface area (Å²) in [7, 11) is 0. The summed E-state index contributed by atoms with van der Waals surface area (Å²) >= 11 is 0. The number of aromatic nitrogens is 4. The lowest BCUT2D eigenvalue weighted by Crippen LogP contribution is -1.96. The van der Waals surface area contributed by atoms with Crippen molar-refractivity contribution in [3.8, 4) is 45.0 Å². The van der Waals surface area contributed by atoms with Gasteiger partial charge in [0.25, 0.3) is 0 Å². The summed E-state index contributed by atoms with van der Waals surface area (Å²) in [6, 6.07) is 107. The molecular formula is C108H108N4. The van der Waals surface area contributed by atoms with Gasteiger partial charge in [-0.05, 0) is 209 Å². The van der Waals surface area contributed by atoms with Crippen LogP contribution in [0.5, 0.6) is 0 Å². The van der Waals surface area contributed by atoms with Crippen LogP contribution in [-0.2, 0) is 19.3 Å². The third-order valence-corrected chi connectivity index (χ3v) is 23.2. The van der Waals surface area contributed by atoms with Gasteiger partial charge in [0.05, 0.1) is 44.1 Å². The molecule has 560 valence electrons. The first-order chi connectivity index (χ1) is 55.3. The fourth-order valence-corrected chi connectivity index (χ4v) is 17.0. The van der Waals surface area contributed by atoms with Gasteiger partial charge in [0.1, 0.15) is 0 Å². The van der Waals surface area contributed by atoms with Crippen molar-refractivity contribution in [2.45, 2.75) is 156 Å². The molecule has 4 aromatic heterocycles. The SMILES string of the molecule is C=Cc1ccc(-c2ccc3c(c2)c2cc(-n4c5ccccc5c5ccccc54)ccc2n3-c2ccc(CCCCCCCC)cc2)cc1.C=Cc1ccc(-c2ccc3c(c2)c2ccccc2n3-c2ccc(CCCCCCCC)cc2)cc1.C=Cc1ccc2c(c1)c1ccccc1n2-c1ccc(CCCCCCCC)cc1. The van der Waals surface area contributed by atoms with E-state index in [1.54, 1.807) is 0 Å². The Kier molecular flexibility index (Phi) is 24.6. The summed E-state index contributed by atoms with van der Waals surface area (Å²) in [5.41, 5.74) is 27.4. The molecule has 0 atom stereocenters.